The maximum Gasteiger partial charge on any atom is 0.306 e. The summed E-state index contributed by atoms with van der Waals surface area (Å²) in [5.41, 5.74) is 0. The van der Waals surface area contributed by atoms with Crippen molar-refractivity contribution in [1.29, 1.82) is 0 Å². The Bertz CT molecular complexity index is 1530. The Kier molecular flexibility index (Phi) is 62.7. The Hall–Kier alpha value is -3.67. The molecule has 448 valence electrons. The van der Waals surface area contributed by atoms with E-state index in [4.69, 9.17) is 14.2 Å². The fourth-order valence-corrected chi connectivity index (χ4v) is 9.43. The standard InChI is InChI=1S/C72H124O6/c1-4-7-10-13-16-19-22-24-26-28-30-31-32-33-34-35-36-37-38-39-40-41-43-44-46-48-50-53-56-59-62-65-71(74)77-68-69(67-76-70(73)64-61-58-55-52-21-18-15-12-9-6-3)78-72(75)66-63-60-57-54-51-49-47-45-42-29-27-25-23-20-17-14-11-8-5-2/h7-8,10-11,16-17,19-20,24-27,30-31,42,45,69H,4-6,9,12-15,18,21-23,28-29,32-41,43-44,46-68H2,1-3H3/b10-7-,11-8-,19-16-,20-17-,26-24-,27-25-,31-30-,45-42-. The van der Waals surface area contributed by atoms with Crippen molar-refractivity contribution in [2.45, 2.75) is 329 Å². The van der Waals surface area contributed by atoms with Crippen molar-refractivity contribution in [3.8, 4) is 0 Å². The summed E-state index contributed by atoms with van der Waals surface area (Å²) >= 11 is 0. The lowest BCUT2D eigenvalue weighted by Crippen LogP contribution is -2.30. The van der Waals surface area contributed by atoms with Crippen LogP contribution in [0.25, 0.3) is 0 Å². The number of esters is 3. The molecule has 0 aliphatic carbocycles. The van der Waals surface area contributed by atoms with Crippen LogP contribution in [0.2, 0.25) is 0 Å². The molecule has 0 fully saturated rings. The minimum Gasteiger partial charge on any atom is -0.462 e. The van der Waals surface area contributed by atoms with Gasteiger partial charge in [0.2, 0.25) is 0 Å². The van der Waals surface area contributed by atoms with Gasteiger partial charge in [-0.1, -0.05) is 304 Å². The quantitative estimate of drug-likeness (QED) is 0.0261. The highest BCUT2D eigenvalue weighted by Gasteiger charge is 2.19. The van der Waals surface area contributed by atoms with Gasteiger partial charge in [0.15, 0.2) is 6.10 Å². The van der Waals surface area contributed by atoms with E-state index in [9.17, 15) is 14.4 Å². The van der Waals surface area contributed by atoms with Gasteiger partial charge in [-0.2, -0.15) is 0 Å². The van der Waals surface area contributed by atoms with E-state index in [0.717, 1.165) is 122 Å². The molecule has 0 aromatic carbocycles. The molecule has 0 aliphatic rings. The van der Waals surface area contributed by atoms with Gasteiger partial charge in [0.1, 0.15) is 13.2 Å². The van der Waals surface area contributed by atoms with E-state index >= 15 is 0 Å². The topological polar surface area (TPSA) is 78.9 Å². The van der Waals surface area contributed by atoms with E-state index in [1.807, 2.05) is 0 Å². The third kappa shape index (κ3) is 63.2. The summed E-state index contributed by atoms with van der Waals surface area (Å²) in [6.45, 7) is 6.42. The van der Waals surface area contributed by atoms with Crippen LogP contribution in [-0.2, 0) is 28.6 Å². The van der Waals surface area contributed by atoms with Gasteiger partial charge >= 0.3 is 17.9 Å². The Morgan fingerprint density at radius 1 is 0.269 bits per heavy atom. The molecule has 0 saturated carbocycles. The number of ether oxygens (including phenoxy) is 3. The zero-order valence-corrected chi connectivity index (χ0v) is 51.4. The predicted molar refractivity (Wildman–Crippen MR) is 339 cm³/mol. The molecule has 0 bridgehead atoms. The van der Waals surface area contributed by atoms with Crippen LogP contribution in [0.15, 0.2) is 97.2 Å². The summed E-state index contributed by atoms with van der Waals surface area (Å²) in [5, 5.41) is 0. The van der Waals surface area contributed by atoms with E-state index in [2.05, 4.69) is 118 Å². The summed E-state index contributed by atoms with van der Waals surface area (Å²) in [7, 11) is 0. The summed E-state index contributed by atoms with van der Waals surface area (Å²) in [4.78, 5) is 38.2. The maximum atomic E-state index is 12.9. The number of unbranched alkanes of at least 4 members (excludes halogenated alkanes) is 33. The van der Waals surface area contributed by atoms with Crippen LogP contribution < -0.4 is 0 Å². The van der Waals surface area contributed by atoms with Crippen molar-refractivity contribution < 1.29 is 28.6 Å². The molecule has 0 amide bonds. The summed E-state index contributed by atoms with van der Waals surface area (Å²) in [6, 6.07) is 0. The van der Waals surface area contributed by atoms with Crippen LogP contribution in [0.4, 0.5) is 0 Å². The molecule has 0 radical (unpaired) electrons. The molecule has 1 atom stereocenters. The van der Waals surface area contributed by atoms with Gasteiger partial charge < -0.3 is 14.2 Å². The highest BCUT2D eigenvalue weighted by molar-refractivity contribution is 5.71. The van der Waals surface area contributed by atoms with E-state index in [-0.39, 0.29) is 31.1 Å². The molecule has 6 nitrogen and oxygen atoms in total. The van der Waals surface area contributed by atoms with Crippen molar-refractivity contribution in [3.05, 3.63) is 97.2 Å². The maximum absolute atomic E-state index is 12.9. The van der Waals surface area contributed by atoms with E-state index < -0.39 is 6.10 Å². The lowest BCUT2D eigenvalue weighted by molar-refractivity contribution is -0.167. The highest BCUT2D eigenvalue weighted by atomic mass is 16.6. The SMILES string of the molecule is CC/C=C\C/C=C\C/C=C\C/C=C\CCCCCCCCCCCCCCCCCCCCC(=O)OCC(COC(=O)CCCCCCCCCCCC)OC(=O)CCCCCCCC/C=C\C/C=C\C/C=C\C/C=C\CC. The minimum absolute atomic E-state index is 0.0792. The third-order valence-electron chi connectivity index (χ3n) is 14.3. The van der Waals surface area contributed by atoms with Crippen LogP contribution in [0.5, 0.6) is 0 Å². The predicted octanol–water partition coefficient (Wildman–Crippen LogP) is 22.8. The average molecular weight is 1090 g/mol. The van der Waals surface area contributed by atoms with Gasteiger partial charge in [0.05, 0.1) is 0 Å². The Labute approximate surface area is 483 Å². The summed E-state index contributed by atoms with van der Waals surface area (Å²) in [5.74, 6) is -0.881. The zero-order valence-electron chi connectivity index (χ0n) is 51.4. The Morgan fingerprint density at radius 3 is 0.782 bits per heavy atom. The second-order valence-electron chi connectivity index (χ2n) is 22.0. The van der Waals surface area contributed by atoms with Crippen LogP contribution in [0, 0.1) is 0 Å². The van der Waals surface area contributed by atoms with Crippen molar-refractivity contribution in [1.82, 2.24) is 0 Å². The lowest BCUT2D eigenvalue weighted by atomic mass is 10.0. The van der Waals surface area contributed by atoms with Gasteiger partial charge in [-0.25, -0.2) is 0 Å². The second kappa shape index (κ2) is 65.8. The molecule has 0 N–H and O–H groups in total. The summed E-state index contributed by atoms with van der Waals surface area (Å²) < 4.78 is 16.9. The molecular weight excluding hydrogens is 961 g/mol. The number of allylic oxidation sites excluding steroid dienone is 16. The van der Waals surface area contributed by atoms with Gasteiger partial charge in [0.25, 0.3) is 0 Å². The number of carbonyl (C=O) groups excluding carboxylic acids is 3. The fourth-order valence-electron chi connectivity index (χ4n) is 9.43. The third-order valence-corrected chi connectivity index (χ3v) is 14.3. The van der Waals surface area contributed by atoms with Gasteiger partial charge in [-0.05, 0) is 96.3 Å². The lowest BCUT2D eigenvalue weighted by Gasteiger charge is -2.18. The van der Waals surface area contributed by atoms with Crippen molar-refractivity contribution in [3.63, 3.8) is 0 Å². The first-order chi connectivity index (χ1) is 38.5. The van der Waals surface area contributed by atoms with Gasteiger partial charge in [-0.3, -0.25) is 14.4 Å². The molecule has 0 aromatic rings. The van der Waals surface area contributed by atoms with Crippen LogP contribution in [-0.4, -0.2) is 37.2 Å². The second-order valence-corrected chi connectivity index (χ2v) is 22.0. The molecular formula is C72H124O6. The molecule has 0 heterocycles. The van der Waals surface area contributed by atoms with E-state index in [0.29, 0.717) is 19.3 Å². The molecule has 0 saturated heterocycles. The van der Waals surface area contributed by atoms with Gasteiger partial charge in [0, 0.05) is 19.3 Å². The Morgan fingerprint density at radius 2 is 0.500 bits per heavy atom. The van der Waals surface area contributed by atoms with Crippen molar-refractivity contribution in [2.75, 3.05) is 13.2 Å². The monoisotopic (exact) mass is 1080 g/mol. The van der Waals surface area contributed by atoms with Crippen LogP contribution in [0.1, 0.15) is 323 Å². The molecule has 0 rings (SSSR count). The minimum atomic E-state index is -0.783. The number of hydrogen-bond acceptors (Lipinski definition) is 6. The van der Waals surface area contributed by atoms with Crippen molar-refractivity contribution >= 4 is 17.9 Å². The number of carbonyl (C=O) groups is 3. The summed E-state index contributed by atoms with van der Waals surface area (Å²) in [6.07, 6.45) is 88.6. The zero-order chi connectivity index (χ0) is 56.4. The molecule has 1 unspecified atom stereocenters. The smallest absolute Gasteiger partial charge is 0.306 e. The normalized spacial score (nSPS) is 12.7. The largest absolute Gasteiger partial charge is 0.462 e. The number of hydrogen-bond donors (Lipinski definition) is 0. The average Bonchev–Trinajstić information content (AvgIpc) is 3.44. The Balaban J connectivity index is 4.16. The fraction of sp³-hybridized carbons (Fsp3) is 0.736. The van der Waals surface area contributed by atoms with Crippen LogP contribution in [0.3, 0.4) is 0 Å². The molecule has 0 aliphatic heterocycles. The molecule has 78 heavy (non-hydrogen) atoms. The highest BCUT2D eigenvalue weighted by Crippen LogP contribution is 2.17. The molecule has 0 spiro atoms. The molecule has 0 aromatic heterocycles. The first kappa shape index (κ1) is 74.3. The van der Waals surface area contributed by atoms with E-state index in [1.165, 1.54) is 161 Å². The first-order valence-corrected chi connectivity index (χ1v) is 33.2. The van der Waals surface area contributed by atoms with Gasteiger partial charge in [-0.15, -0.1) is 0 Å². The van der Waals surface area contributed by atoms with Crippen molar-refractivity contribution in [2.24, 2.45) is 0 Å². The number of rotatable bonds is 60. The molecule has 6 heteroatoms. The van der Waals surface area contributed by atoms with Crippen LogP contribution >= 0.6 is 0 Å². The first-order valence-electron chi connectivity index (χ1n) is 33.2. The van der Waals surface area contributed by atoms with E-state index in [1.54, 1.807) is 0 Å².